The average Bonchev–Trinajstić information content (AvgIpc) is 2.68. The summed E-state index contributed by atoms with van der Waals surface area (Å²) < 4.78 is 5.57. The fourth-order valence-corrected chi connectivity index (χ4v) is 3.55. The number of hydrogen-bond acceptors (Lipinski definition) is 4. The van der Waals surface area contributed by atoms with E-state index in [4.69, 9.17) is 4.74 Å². The maximum atomic E-state index is 12.8. The number of rotatable bonds is 4. The molecule has 0 spiro atoms. The maximum absolute atomic E-state index is 12.8. The standard InChI is InChI=1S/C19H27N3O3/c1-2-25-17-6-4-3-5-16(17)19(24)22-13-11-21(12-14-22)18(23)15-7-9-20-10-8-15/h3-6,15,20H,2,7-14H2,1H3. The first kappa shape index (κ1) is 17.7. The lowest BCUT2D eigenvalue weighted by Crippen LogP contribution is -2.52. The van der Waals surface area contributed by atoms with Crippen LogP contribution in [-0.4, -0.2) is 67.5 Å². The molecule has 0 aromatic heterocycles. The monoisotopic (exact) mass is 345 g/mol. The van der Waals surface area contributed by atoms with Gasteiger partial charge in [-0.25, -0.2) is 0 Å². The van der Waals surface area contributed by atoms with Gasteiger partial charge >= 0.3 is 0 Å². The molecule has 136 valence electrons. The molecule has 0 bridgehead atoms. The molecule has 2 aliphatic heterocycles. The van der Waals surface area contributed by atoms with Gasteiger partial charge in [0.05, 0.1) is 12.2 Å². The first-order valence-corrected chi connectivity index (χ1v) is 9.21. The third-order valence-corrected chi connectivity index (χ3v) is 4.98. The molecule has 0 atom stereocenters. The highest BCUT2D eigenvalue weighted by Gasteiger charge is 2.30. The van der Waals surface area contributed by atoms with E-state index in [9.17, 15) is 9.59 Å². The van der Waals surface area contributed by atoms with Gasteiger partial charge in [0.15, 0.2) is 0 Å². The van der Waals surface area contributed by atoms with Crippen molar-refractivity contribution in [3.8, 4) is 5.75 Å². The van der Waals surface area contributed by atoms with Crippen LogP contribution in [0.15, 0.2) is 24.3 Å². The Morgan fingerprint density at radius 1 is 1.08 bits per heavy atom. The fourth-order valence-electron chi connectivity index (χ4n) is 3.55. The first-order valence-electron chi connectivity index (χ1n) is 9.21. The van der Waals surface area contributed by atoms with Gasteiger partial charge < -0.3 is 19.9 Å². The van der Waals surface area contributed by atoms with Crippen LogP contribution in [0.2, 0.25) is 0 Å². The molecule has 2 fully saturated rings. The third kappa shape index (κ3) is 4.12. The molecule has 1 aromatic rings. The number of benzene rings is 1. The van der Waals surface area contributed by atoms with E-state index < -0.39 is 0 Å². The van der Waals surface area contributed by atoms with Gasteiger partial charge in [0.2, 0.25) is 5.91 Å². The Bertz CT molecular complexity index is 606. The molecule has 1 N–H and O–H groups in total. The van der Waals surface area contributed by atoms with Gasteiger partial charge in [0, 0.05) is 32.1 Å². The van der Waals surface area contributed by atoms with Crippen molar-refractivity contribution in [2.24, 2.45) is 5.92 Å². The van der Waals surface area contributed by atoms with Crippen molar-refractivity contribution in [2.45, 2.75) is 19.8 Å². The Balaban J connectivity index is 1.58. The van der Waals surface area contributed by atoms with E-state index in [1.165, 1.54) is 0 Å². The van der Waals surface area contributed by atoms with Gasteiger partial charge in [-0.1, -0.05) is 12.1 Å². The van der Waals surface area contributed by atoms with Crippen molar-refractivity contribution in [1.82, 2.24) is 15.1 Å². The van der Waals surface area contributed by atoms with Crippen molar-refractivity contribution >= 4 is 11.8 Å². The summed E-state index contributed by atoms with van der Waals surface area (Å²) in [6.07, 6.45) is 1.83. The number of amides is 2. The van der Waals surface area contributed by atoms with Crippen LogP contribution in [-0.2, 0) is 4.79 Å². The van der Waals surface area contributed by atoms with Crippen LogP contribution in [0.5, 0.6) is 5.75 Å². The second-order valence-electron chi connectivity index (χ2n) is 6.57. The molecule has 2 amide bonds. The number of ether oxygens (including phenoxy) is 1. The molecular weight excluding hydrogens is 318 g/mol. The van der Waals surface area contributed by atoms with Crippen LogP contribution in [0.25, 0.3) is 0 Å². The molecular formula is C19H27N3O3. The van der Waals surface area contributed by atoms with Crippen molar-refractivity contribution in [2.75, 3.05) is 45.9 Å². The van der Waals surface area contributed by atoms with Crippen LogP contribution in [0, 0.1) is 5.92 Å². The summed E-state index contributed by atoms with van der Waals surface area (Å²) in [6, 6.07) is 7.36. The lowest BCUT2D eigenvalue weighted by molar-refractivity contribution is -0.137. The Labute approximate surface area is 149 Å². The highest BCUT2D eigenvalue weighted by molar-refractivity contribution is 5.97. The van der Waals surface area contributed by atoms with E-state index in [1.807, 2.05) is 34.9 Å². The zero-order chi connectivity index (χ0) is 17.6. The number of carbonyl (C=O) groups is 2. The number of piperazine rings is 1. The van der Waals surface area contributed by atoms with Crippen LogP contribution in [0.1, 0.15) is 30.1 Å². The summed E-state index contributed by atoms with van der Waals surface area (Å²) in [4.78, 5) is 29.2. The Kier molecular flexibility index (Phi) is 5.91. The molecule has 2 saturated heterocycles. The van der Waals surface area contributed by atoms with Gasteiger partial charge in [0.1, 0.15) is 5.75 Å². The fraction of sp³-hybridized carbons (Fsp3) is 0.579. The largest absolute Gasteiger partial charge is 0.493 e. The van der Waals surface area contributed by atoms with Gasteiger partial charge in [0.25, 0.3) is 5.91 Å². The summed E-state index contributed by atoms with van der Waals surface area (Å²) in [7, 11) is 0. The molecule has 6 heteroatoms. The van der Waals surface area contributed by atoms with Gasteiger partial charge in [-0.05, 0) is 45.0 Å². The van der Waals surface area contributed by atoms with Crippen LogP contribution < -0.4 is 10.1 Å². The van der Waals surface area contributed by atoms with Gasteiger partial charge in [-0.15, -0.1) is 0 Å². The topological polar surface area (TPSA) is 61.9 Å². The van der Waals surface area contributed by atoms with E-state index in [-0.39, 0.29) is 17.7 Å². The summed E-state index contributed by atoms with van der Waals surface area (Å²) in [5.41, 5.74) is 0.600. The molecule has 0 radical (unpaired) electrons. The molecule has 25 heavy (non-hydrogen) atoms. The van der Waals surface area contributed by atoms with Crippen molar-refractivity contribution in [3.05, 3.63) is 29.8 Å². The normalized spacial score (nSPS) is 18.9. The highest BCUT2D eigenvalue weighted by Crippen LogP contribution is 2.22. The Morgan fingerprint density at radius 2 is 1.72 bits per heavy atom. The van der Waals surface area contributed by atoms with Crippen LogP contribution in [0.4, 0.5) is 0 Å². The van der Waals surface area contributed by atoms with Gasteiger partial charge in [-0.2, -0.15) is 0 Å². The molecule has 2 aliphatic rings. The minimum absolute atomic E-state index is 0.0157. The zero-order valence-electron chi connectivity index (χ0n) is 14.9. The van der Waals surface area contributed by atoms with E-state index in [0.29, 0.717) is 44.1 Å². The molecule has 0 unspecified atom stereocenters. The van der Waals surface area contributed by atoms with Crippen molar-refractivity contribution in [1.29, 1.82) is 0 Å². The van der Waals surface area contributed by atoms with E-state index in [2.05, 4.69) is 5.32 Å². The minimum Gasteiger partial charge on any atom is -0.493 e. The smallest absolute Gasteiger partial charge is 0.257 e. The van der Waals surface area contributed by atoms with Crippen LogP contribution >= 0.6 is 0 Å². The number of para-hydroxylation sites is 1. The third-order valence-electron chi connectivity index (χ3n) is 4.98. The number of carbonyl (C=O) groups excluding carboxylic acids is 2. The lowest BCUT2D eigenvalue weighted by atomic mass is 9.96. The Hall–Kier alpha value is -2.08. The number of nitrogens with zero attached hydrogens (tertiary/aromatic N) is 2. The molecule has 0 saturated carbocycles. The van der Waals surface area contributed by atoms with E-state index in [0.717, 1.165) is 25.9 Å². The SMILES string of the molecule is CCOc1ccccc1C(=O)N1CCN(C(=O)C2CCNCC2)CC1. The van der Waals surface area contributed by atoms with Crippen molar-refractivity contribution in [3.63, 3.8) is 0 Å². The number of hydrogen-bond donors (Lipinski definition) is 1. The zero-order valence-corrected chi connectivity index (χ0v) is 14.9. The minimum atomic E-state index is -0.0157. The quantitative estimate of drug-likeness (QED) is 0.895. The summed E-state index contributed by atoms with van der Waals surface area (Å²) >= 11 is 0. The summed E-state index contributed by atoms with van der Waals surface area (Å²) in [5, 5.41) is 3.29. The van der Waals surface area contributed by atoms with Crippen LogP contribution in [0.3, 0.4) is 0 Å². The molecule has 1 aromatic carbocycles. The maximum Gasteiger partial charge on any atom is 0.257 e. The second kappa shape index (κ2) is 8.34. The summed E-state index contributed by atoms with van der Waals surface area (Å²) in [5.74, 6) is 1.01. The summed E-state index contributed by atoms with van der Waals surface area (Å²) in [6.45, 7) is 6.67. The van der Waals surface area contributed by atoms with E-state index in [1.54, 1.807) is 6.07 Å². The number of piperidine rings is 1. The molecule has 3 rings (SSSR count). The predicted molar refractivity (Wildman–Crippen MR) is 95.7 cm³/mol. The molecule has 2 heterocycles. The first-order chi connectivity index (χ1) is 12.2. The molecule has 6 nitrogen and oxygen atoms in total. The Morgan fingerprint density at radius 3 is 2.40 bits per heavy atom. The van der Waals surface area contributed by atoms with E-state index >= 15 is 0 Å². The van der Waals surface area contributed by atoms with Gasteiger partial charge in [-0.3, -0.25) is 9.59 Å². The lowest BCUT2D eigenvalue weighted by Gasteiger charge is -2.37. The molecule has 0 aliphatic carbocycles. The predicted octanol–water partition coefficient (Wildman–Crippen LogP) is 1.37. The van der Waals surface area contributed by atoms with Crippen molar-refractivity contribution < 1.29 is 14.3 Å². The second-order valence-corrected chi connectivity index (χ2v) is 6.57. The number of nitrogens with one attached hydrogen (secondary N) is 1. The highest BCUT2D eigenvalue weighted by atomic mass is 16.5. The average molecular weight is 345 g/mol.